The van der Waals surface area contributed by atoms with Gasteiger partial charge in [0.1, 0.15) is 0 Å². The Morgan fingerprint density at radius 1 is 1.05 bits per heavy atom. The monoisotopic (exact) mass is 550 g/mol. The van der Waals surface area contributed by atoms with E-state index in [0.29, 0.717) is 23.8 Å². The summed E-state index contributed by atoms with van der Waals surface area (Å²) < 4.78 is 0. The van der Waals surface area contributed by atoms with Crippen LogP contribution in [0.3, 0.4) is 0 Å². The lowest BCUT2D eigenvalue weighted by atomic mass is 9.41. The number of hydrogen-bond donors (Lipinski definition) is 3. The van der Waals surface area contributed by atoms with Gasteiger partial charge in [-0.2, -0.15) is 0 Å². The molecule has 1 saturated carbocycles. The van der Waals surface area contributed by atoms with Crippen LogP contribution < -0.4 is 0 Å². The highest BCUT2D eigenvalue weighted by atomic mass is 16.5. The maximum atomic E-state index is 14.3. The second-order valence-corrected chi connectivity index (χ2v) is 15.0. The van der Waals surface area contributed by atoms with Crippen molar-refractivity contribution in [2.75, 3.05) is 0 Å². The molecular formula is C36H54O4. The van der Waals surface area contributed by atoms with Crippen molar-refractivity contribution < 1.29 is 20.1 Å². The van der Waals surface area contributed by atoms with Gasteiger partial charge in [-0.15, -0.1) is 0 Å². The Bertz CT molecular complexity index is 1250. The van der Waals surface area contributed by atoms with Crippen molar-refractivity contribution in [1.82, 2.24) is 0 Å². The summed E-state index contributed by atoms with van der Waals surface area (Å²) >= 11 is 0. The van der Waals surface area contributed by atoms with Crippen molar-refractivity contribution in [1.29, 1.82) is 0 Å². The quantitative estimate of drug-likeness (QED) is 0.222. The lowest BCUT2D eigenvalue weighted by Crippen LogP contribution is -2.56. The molecule has 40 heavy (non-hydrogen) atoms. The van der Waals surface area contributed by atoms with Crippen LogP contribution in [0.15, 0.2) is 56.7 Å². The molecular weight excluding hydrogens is 496 g/mol. The average molecular weight is 551 g/mol. The number of ketones is 1. The summed E-state index contributed by atoms with van der Waals surface area (Å²) in [5.41, 5.74) is 9.89. The van der Waals surface area contributed by atoms with E-state index in [4.69, 9.17) is 6.58 Å². The summed E-state index contributed by atoms with van der Waals surface area (Å²) in [5, 5.41) is 30.1. The van der Waals surface area contributed by atoms with E-state index < -0.39 is 17.3 Å². The summed E-state index contributed by atoms with van der Waals surface area (Å²) in [6.45, 7) is 25.9. The van der Waals surface area contributed by atoms with Crippen LogP contribution in [0.5, 0.6) is 0 Å². The number of Topliss-reactive ketones (excluding diaryl/α,β-unsaturated/α-hetero) is 1. The number of allylic oxidation sites excluding steroid dienone is 8. The maximum absolute atomic E-state index is 14.3. The van der Waals surface area contributed by atoms with E-state index in [2.05, 4.69) is 48.5 Å². The molecule has 0 aromatic rings. The lowest BCUT2D eigenvalue weighted by molar-refractivity contribution is -0.150. The van der Waals surface area contributed by atoms with Crippen molar-refractivity contribution in [3.05, 3.63) is 56.7 Å². The van der Waals surface area contributed by atoms with Crippen LogP contribution in [0.1, 0.15) is 121 Å². The minimum atomic E-state index is -1.61. The Morgan fingerprint density at radius 2 is 1.68 bits per heavy atom. The normalized spacial score (nSPS) is 34.0. The van der Waals surface area contributed by atoms with Crippen LogP contribution in [-0.2, 0) is 4.79 Å². The lowest BCUT2D eigenvalue weighted by Gasteiger charge is -2.61. The van der Waals surface area contributed by atoms with Gasteiger partial charge >= 0.3 is 0 Å². The van der Waals surface area contributed by atoms with Gasteiger partial charge < -0.3 is 15.3 Å². The minimum Gasteiger partial charge on any atom is -0.389 e. The fraction of sp³-hybridized carbons (Fsp3) is 0.694. The molecule has 222 valence electrons. The maximum Gasteiger partial charge on any atom is 0.171 e. The number of carbonyl (C=O) groups is 1. The smallest absolute Gasteiger partial charge is 0.171 e. The zero-order chi connectivity index (χ0) is 30.2. The van der Waals surface area contributed by atoms with Crippen molar-refractivity contribution in [3.8, 4) is 0 Å². The van der Waals surface area contributed by atoms with Crippen LogP contribution in [0.25, 0.3) is 0 Å². The molecule has 4 nitrogen and oxygen atoms in total. The molecule has 0 aliphatic heterocycles. The third-order valence-corrected chi connectivity index (χ3v) is 11.4. The number of carbonyl (C=O) groups excluding carboxylic acids is 1. The number of unbranched alkanes of at least 4 members (excludes halogenated alkanes) is 1. The van der Waals surface area contributed by atoms with Gasteiger partial charge in [0.15, 0.2) is 11.6 Å². The molecule has 5 unspecified atom stereocenters. The third-order valence-electron chi connectivity index (χ3n) is 11.4. The summed E-state index contributed by atoms with van der Waals surface area (Å²) in [6.07, 6.45) is 6.17. The zero-order valence-electron chi connectivity index (χ0n) is 26.8. The Kier molecular flexibility index (Phi) is 7.96. The molecule has 4 aliphatic rings. The first-order valence-corrected chi connectivity index (χ1v) is 15.5. The van der Waals surface area contributed by atoms with Gasteiger partial charge in [0.05, 0.1) is 11.5 Å². The summed E-state index contributed by atoms with van der Waals surface area (Å²) in [5.74, 6) is -0.660. The third kappa shape index (κ3) is 4.76. The highest BCUT2D eigenvalue weighted by Gasteiger charge is 2.62. The van der Waals surface area contributed by atoms with Crippen LogP contribution in [0, 0.1) is 28.1 Å². The standard InChI is InChI=1S/C36H54O4/c1-20(2)27-16-26(14-12-13-15-35(10,39)40)22(4)30-23(5)31-24(6)36(11)32(38)29(25(7)37)21(3)17-34(36,9)19-33(31,8)18-28(27)30/h20,25-26,37,39-40H,5,12-19H2,1-4,6-11H3. The van der Waals surface area contributed by atoms with Gasteiger partial charge in [-0.25, -0.2) is 0 Å². The summed E-state index contributed by atoms with van der Waals surface area (Å²) in [7, 11) is 0. The highest BCUT2D eigenvalue weighted by Crippen LogP contribution is 2.69. The Hall–Kier alpha value is -1.75. The topological polar surface area (TPSA) is 77.8 Å². The van der Waals surface area contributed by atoms with E-state index in [0.717, 1.165) is 61.7 Å². The van der Waals surface area contributed by atoms with Crippen LogP contribution >= 0.6 is 0 Å². The van der Waals surface area contributed by atoms with Crippen molar-refractivity contribution in [2.45, 2.75) is 132 Å². The predicted octanol–water partition coefficient (Wildman–Crippen LogP) is 7.91. The van der Waals surface area contributed by atoms with Crippen LogP contribution in [0.4, 0.5) is 0 Å². The van der Waals surface area contributed by atoms with Crippen LogP contribution in [-0.4, -0.2) is 33.0 Å². The molecule has 0 saturated heterocycles. The van der Waals surface area contributed by atoms with E-state index in [1.165, 1.54) is 29.2 Å². The number of hydrogen-bond acceptors (Lipinski definition) is 4. The zero-order valence-corrected chi connectivity index (χ0v) is 26.8. The predicted molar refractivity (Wildman–Crippen MR) is 163 cm³/mol. The van der Waals surface area contributed by atoms with E-state index in [1.54, 1.807) is 12.5 Å². The van der Waals surface area contributed by atoms with Gasteiger partial charge in [-0.3, -0.25) is 4.79 Å². The van der Waals surface area contributed by atoms with Crippen molar-refractivity contribution in [3.63, 3.8) is 0 Å². The van der Waals surface area contributed by atoms with Gasteiger partial charge in [-0.05, 0) is 125 Å². The Morgan fingerprint density at radius 3 is 2.23 bits per heavy atom. The first-order valence-electron chi connectivity index (χ1n) is 15.5. The molecule has 0 bridgehead atoms. The number of rotatable bonds is 7. The highest BCUT2D eigenvalue weighted by molar-refractivity contribution is 6.05. The molecule has 4 rings (SSSR count). The molecule has 0 spiro atoms. The molecule has 4 heteroatoms. The largest absolute Gasteiger partial charge is 0.389 e. The molecule has 0 radical (unpaired) electrons. The van der Waals surface area contributed by atoms with Gasteiger partial charge in [0.25, 0.3) is 0 Å². The number of fused-ring (bicyclic) bond motifs is 3. The average Bonchev–Trinajstić information content (AvgIpc) is 2.78. The summed E-state index contributed by atoms with van der Waals surface area (Å²) in [4.78, 5) is 14.3. The van der Waals surface area contributed by atoms with Gasteiger partial charge in [0.2, 0.25) is 0 Å². The van der Waals surface area contributed by atoms with E-state index in [-0.39, 0.29) is 16.6 Å². The number of aliphatic hydroxyl groups is 3. The Labute approximate surface area is 243 Å². The second kappa shape index (κ2) is 10.2. The molecule has 0 aromatic carbocycles. The van der Waals surface area contributed by atoms with Crippen molar-refractivity contribution >= 4 is 5.78 Å². The molecule has 0 amide bonds. The number of aliphatic hydroxyl groups excluding tert-OH is 1. The van der Waals surface area contributed by atoms with E-state index >= 15 is 0 Å². The van der Waals surface area contributed by atoms with E-state index in [1.807, 2.05) is 6.92 Å². The van der Waals surface area contributed by atoms with Gasteiger partial charge in [-0.1, -0.05) is 63.0 Å². The molecule has 0 heterocycles. The second-order valence-electron chi connectivity index (χ2n) is 15.0. The Balaban J connectivity index is 1.83. The molecule has 5 atom stereocenters. The first-order chi connectivity index (χ1) is 18.3. The summed E-state index contributed by atoms with van der Waals surface area (Å²) in [6, 6.07) is 0. The molecule has 4 aliphatic carbocycles. The van der Waals surface area contributed by atoms with Crippen molar-refractivity contribution in [2.24, 2.45) is 28.1 Å². The van der Waals surface area contributed by atoms with Gasteiger partial charge in [0, 0.05) is 12.0 Å². The van der Waals surface area contributed by atoms with E-state index in [9.17, 15) is 20.1 Å². The first kappa shape index (κ1) is 31.2. The molecule has 1 fully saturated rings. The fourth-order valence-corrected chi connectivity index (χ4v) is 9.43. The van der Waals surface area contributed by atoms with Crippen LogP contribution in [0.2, 0.25) is 0 Å². The fourth-order valence-electron chi connectivity index (χ4n) is 9.43. The molecule has 3 N–H and O–H groups in total. The minimum absolute atomic E-state index is 0.0878. The molecule has 0 aromatic heterocycles. The SMILES string of the molecule is C=C1C2=C(C)C(CCCCC(C)(O)O)CC(C(C)C)=C2CC2(C)CC3(C)CC(C)=C(C(C)O)C(=O)C3(C)C(C)=C12.